The van der Waals surface area contributed by atoms with Crippen molar-refractivity contribution in [3.05, 3.63) is 35.9 Å². The fraction of sp³-hybridized carbons (Fsp3) is 0.611. The maximum atomic E-state index is 12.5. The van der Waals surface area contributed by atoms with Crippen LogP contribution in [0.3, 0.4) is 0 Å². The SMILES string of the molecule is CC(N)CCC(=O)N(CCc1ccccc1)C1CCCC1. The van der Waals surface area contributed by atoms with Gasteiger partial charge < -0.3 is 10.6 Å². The zero-order valence-corrected chi connectivity index (χ0v) is 13.1. The topological polar surface area (TPSA) is 46.3 Å². The maximum Gasteiger partial charge on any atom is 0.222 e. The van der Waals surface area contributed by atoms with E-state index in [2.05, 4.69) is 29.2 Å². The van der Waals surface area contributed by atoms with Gasteiger partial charge in [0.2, 0.25) is 5.91 Å². The first-order valence-corrected chi connectivity index (χ1v) is 8.26. The van der Waals surface area contributed by atoms with E-state index in [1.165, 1.54) is 31.2 Å². The van der Waals surface area contributed by atoms with Crippen molar-refractivity contribution >= 4 is 5.91 Å². The Morgan fingerprint density at radius 3 is 2.57 bits per heavy atom. The highest BCUT2D eigenvalue weighted by Crippen LogP contribution is 2.24. The summed E-state index contributed by atoms with van der Waals surface area (Å²) < 4.78 is 0. The average Bonchev–Trinajstić information content (AvgIpc) is 3.00. The average molecular weight is 288 g/mol. The van der Waals surface area contributed by atoms with Crippen molar-refractivity contribution < 1.29 is 4.79 Å². The van der Waals surface area contributed by atoms with Crippen LogP contribution in [-0.4, -0.2) is 29.4 Å². The largest absolute Gasteiger partial charge is 0.339 e. The summed E-state index contributed by atoms with van der Waals surface area (Å²) in [7, 11) is 0. The molecule has 1 amide bonds. The molecule has 1 aromatic carbocycles. The van der Waals surface area contributed by atoms with E-state index in [-0.39, 0.29) is 11.9 Å². The van der Waals surface area contributed by atoms with E-state index in [1.807, 2.05) is 13.0 Å². The molecule has 0 bridgehead atoms. The summed E-state index contributed by atoms with van der Waals surface area (Å²) in [6, 6.07) is 11.0. The molecule has 0 radical (unpaired) electrons. The molecule has 0 heterocycles. The lowest BCUT2D eigenvalue weighted by molar-refractivity contribution is -0.133. The Kier molecular flexibility index (Phi) is 6.24. The van der Waals surface area contributed by atoms with Gasteiger partial charge in [0.1, 0.15) is 0 Å². The fourth-order valence-electron chi connectivity index (χ4n) is 3.12. The first-order chi connectivity index (χ1) is 10.2. The third kappa shape index (κ3) is 5.16. The number of hydrogen-bond donors (Lipinski definition) is 1. The van der Waals surface area contributed by atoms with Gasteiger partial charge in [-0.3, -0.25) is 4.79 Å². The molecule has 116 valence electrons. The zero-order chi connectivity index (χ0) is 15.1. The number of carbonyl (C=O) groups excluding carboxylic acids is 1. The molecule has 1 aliphatic carbocycles. The van der Waals surface area contributed by atoms with Crippen LogP contribution < -0.4 is 5.73 Å². The number of nitrogens with two attached hydrogens (primary N) is 1. The van der Waals surface area contributed by atoms with E-state index in [0.29, 0.717) is 12.5 Å². The van der Waals surface area contributed by atoms with Crippen LogP contribution in [-0.2, 0) is 11.2 Å². The van der Waals surface area contributed by atoms with Crippen molar-refractivity contribution in [2.45, 2.75) is 64.0 Å². The molecule has 1 saturated carbocycles. The number of hydrogen-bond acceptors (Lipinski definition) is 2. The van der Waals surface area contributed by atoms with E-state index in [1.54, 1.807) is 0 Å². The van der Waals surface area contributed by atoms with E-state index in [4.69, 9.17) is 5.73 Å². The molecule has 3 nitrogen and oxygen atoms in total. The molecule has 0 aromatic heterocycles. The summed E-state index contributed by atoms with van der Waals surface area (Å²) >= 11 is 0. The summed E-state index contributed by atoms with van der Waals surface area (Å²) in [5, 5.41) is 0. The smallest absolute Gasteiger partial charge is 0.222 e. The predicted octanol–water partition coefficient (Wildman–Crippen LogP) is 3.13. The quantitative estimate of drug-likeness (QED) is 0.838. The van der Waals surface area contributed by atoms with Gasteiger partial charge in [0, 0.05) is 25.0 Å². The second-order valence-corrected chi connectivity index (χ2v) is 6.28. The number of nitrogens with zero attached hydrogens (tertiary/aromatic N) is 1. The monoisotopic (exact) mass is 288 g/mol. The minimum Gasteiger partial charge on any atom is -0.339 e. The molecule has 21 heavy (non-hydrogen) atoms. The number of amides is 1. The summed E-state index contributed by atoms with van der Waals surface area (Å²) in [5.74, 6) is 0.287. The molecule has 1 atom stereocenters. The van der Waals surface area contributed by atoms with E-state index < -0.39 is 0 Å². The van der Waals surface area contributed by atoms with Crippen LogP contribution in [0.4, 0.5) is 0 Å². The summed E-state index contributed by atoms with van der Waals surface area (Å²) in [6.07, 6.45) is 7.16. The Labute approximate surface area is 128 Å². The normalized spacial score (nSPS) is 16.9. The Morgan fingerprint density at radius 2 is 1.95 bits per heavy atom. The van der Waals surface area contributed by atoms with E-state index in [0.717, 1.165) is 19.4 Å². The van der Waals surface area contributed by atoms with Crippen LogP contribution >= 0.6 is 0 Å². The fourth-order valence-corrected chi connectivity index (χ4v) is 3.12. The molecular formula is C18H28N2O. The van der Waals surface area contributed by atoms with E-state index >= 15 is 0 Å². The Hall–Kier alpha value is -1.35. The highest BCUT2D eigenvalue weighted by atomic mass is 16.2. The molecule has 1 aromatic rings. The van der Waals surface area contributed by atoms with E-state index in [9.17, 15) is 4.79 Å². The van der Waals surface area contributed by atoms with Crippen LogP contribution in [0.15, 0.2) is 30.3 Å². The summed E-state index contributed by atoms with van der Waals surface area (Å²) in [4.78, 5) is 14.7. The predicted molar refractivity (Wildman–Crippen MR) is 87.0 cm³/mol. The van der Waals surface area contributed by atoms with Gasteiger partial charge in [0.15, 0.2) is 0 Å². The van der Waals surface area contributed by atoms with Gasteiger partial charge in [-0.1, -0.05) is 43.2 Å². The summed E-state index contributed by atoms with van der Waals surface area (Å²) in [6.45, 7) is 2.81. The van der Waals surface area contributed by atoms with Crippen molar-refractivity contribution in [1.29, 1.82) is 0 Å². The van der Waals surface area contributed by atoms with Crippen LogP contribution in [0.2, 0.25) is 0 Å². The molecule has 0 spiro atoms. The molecular weight excluding hydrogens is 260 g/mol. The van der Waals surface area contributed by atoms with Crippen molar-refractivity contribution in [3.8, 4) is 0 Å². The van der Waals surface area contributed by atoms with Gasteiger partial charge in [-0.2, -0.15) is 0 Å². The van der Waals surface area contributed by atoms with Crippen molar-refractivity contribution in [3.63, 3.8) is 0 Å². The third-order valence-corrected chi connectivity index (χ3v) is 4.38. The lowest BCUT2D eigenvalue weighted by Gasteiger charge is -2.29. The minimum absolute atomic E-state index is 0.105. The molecule has 1 unspecified atom stereocenters. The zero-order valence-electron chi connectivity index (χ0n) is 13.1. The lowest BCUT2D eigenvalue weighted by atomic mass is 10.1. The summed E-state index contributed by atoms with van der Waals surface area (Å²) in [5.41, 5.74) is 7.09. The van der Waals surface area contributed by atoms with Crippen molar-refractivity contribution in [2.75, 3.05) is 6.54 Å². The number of carbonyl (C=O) groups is 1. The van der Waals surface area contributed by atoms with Gasteiger partial charge in [-0.15, -0.1) is 0 Å². The standard InChI is InChI=1S/C18H28N2O/c1-15(19)11-12-18(21)20(17-9-5-6-10-17)14-13-16-7-3-2-4-8-16/h2-4,7-8,15,17H,5-6,9-14,19H2,1H3. The highest BCUT2D eigenvalue weighted by molar-refractivity contribution is 5.76. The third-order valence-electron chi connectivity index (χ3n) is 4.38. The van der Waals surface area contributed by atoms with Crippen LogP contribution in [0, 0.1) is 0 Å². The van der Waals surface area contributed by atoms with Crippen molar-refractivity contribution in [1.82, 2.24) is 4.90 Å². The number of rotatable bonds is 7. The minimum atomic E-state index is 0.105. The Bertz CT molecular complexity index is 424. The molecule has 0 aliphatic heterocycles. The van der Waals surface area contributed by atoms with Crippen LogP contribution in [0.1, 0.15) is 51.0 Å². The second-order valence-electron chi connectivity index (χ2n) is 6.28. The van der Waals surface area contributed by atoms with Crippen LogP contribution in [0.25, 0.3) is 0 Å². The second kappa shape index (κ2) is 8.18. The van der Waals surface area contributed by atoms with Gasteiger partial charge in [-0.25, -0.2) is 0 Å². The molecule has 1 aliphatic rings. The molecule has 2 rings (SSSR count). The van der Waals surface area contributed by atoms with Gasteiger partial charge in [-0.05, 0) is 38.2 Å². The van der Waals surface area contributed by atoms with Crippen LogP contribution in [0.5, 0.6) is 0 Å². The first kappa shape index (κ1) is 16.0. The molecule has 3 heteroatoms. The molecule has 1 fully saturated rings. The van der Waals surface area contributed by atoms with Gasteiger partial charge >= 0.3 is 0 Å². The van der Waals surface area contributed by atoms with Crippen molar-refractivity contribution in [2.24, 2.45) is 5.73 Å². The van der Waals surface area contributed by atoms with Gasteiger partial charge in [0.25, 0.3) is 0 Å². The van der Waals surface area contributed by atoms with Gasteiger partial charge in [0.05, 0.1) is 0 Å². The highest BCUT2D eigenvalue weighted by Gasteiger charge is 2.26. The Morgan fingerprint density at radius 1 is 1.29 bits per heavy atom. The lowest BCUT2D eigenvalue weighted by Crippen LogP contribution is -2.40. The molecule has 2 N–H and O–H groups in total. The molecule has 0 saturated heterocycles. The number of benzene rings is 1. The first-order valence-electron chi connectivity index (χ1n) is 8.26. The maximum absolute atomic E-state index is 12.5. The Balaban J connectivity index is 1.93.